The molecule has 0 amide bonds. The molecule has 0 bridgehead atoms. The van der Waals surface area contributed by atoms with E-state index in [1.807, 2.05) is 19.1 Å². The fourth-order valence-electron chi connectivity index (χ4n) is 4.08. The molecule has 0 aromatic heterocycles. The van der Waals surface area contributed by atoms with Crippen LogP contribution in [0.25, 0.3) is 33.0 Å². The third kappa shape index (κ3) is 5.96. The molecule has 1 nitrogen and oxygen atoms in total. The Morgan fingerprint density at radius 1 is 0.784 bits per heavy atom. The van der Waals surface area contributed by atoms with Gasteiger partial charge < -0.3 is 4.74 Å². The molecule has 0 atom stereocenters. The Labute approximate surface area is 208 Å². The molecule has 4 aromatic carbocycles. The van der Waals surface area contributed by atoms with E-state index in [4.69, 9.17) is 0 Å². The van der Waals surface area contributed by atoms with Gasteiger partial charge in [-0.15, -0.1) is 0 Å². The quantitative estimate of drug-likeness (QED) is 0.175. The normalized spacial score (nSPS) is 12.0. The van der Waals surface area contributed by atoms with E-state index in [1.165, 1.54) is 48.5 Å². The van der Waals surface area contributed by atoms with Gasteiger partial charge in [-0.25, -0.2) is 17.6 Å². The third-order valence-electron chi connectivity index (χ3n) is 5.82. The summed E-state index contributed by atoms with van der Waals surface area (Å²) in [7, 11) is 0. The maximum absolute atomic E-state index is 15.1. The molecule has 192 valence electrons. The Morgan fingerprint density at radius 3 is 2.14 bits per heavy atom. The second-order valence-corrected chi connectivity index (χ2v) is 8.45. The minimum Gasteiger partial charge on any atom is -0.481 e. The summed E-state index contributed by atoms with van der Waals surface area (Å²) >= 11 is 0. The predicted molar refractivity (Wildman–Crippen MR) is 129 cm³/mol. The zero-order chi connectivity index (χ0) is 26.7. The van der Waals surface area contributed by atoms with E-state index in [9.17, 15) is 26.3 Å². The SMILES string of the molecule is C/C=C/CCc1cc(F)c(-c2ccc(-c3ccc4c(F)c(OCC(F)(F)F)ccc4c3)c(F)c2)c(F)c1. The van der Waals surface area contributed by atoms with Crippen molar-refractivity contribution in [1.82, 2.24) is 0 Å². The molecule has 0 spiro atoms. The van der Waals surface area contributed by atoms with Gasteiger partial charge in [0.15, 0.2) is 18.2 Å². The zero-order valence-corrected chi connectivity index (χ0v) is 19.6. The first-order valence-electron chi connectivity index (χ1n) is 11.4. The summed E-state index contributed by atoms with van der Waals surface area (Å²) in [6.07, 6.45) is 0.219. The van der Waals surface area contributed by atoms with Crippen LogP contribution < -0.4 is 4.74 Å². The van der Waals surface area contributed by atoms with Crippen LogP contribution in [-0.4, -0.2) is 12.8 Å². The molecule has 0 aliphatic heterocycles. The number of halogens is 7. The highest BCUT2D eigenvalue weighted by atomic mass is 19.4. The van der Waals surface area contributed by atoms with Crippen molar-refractivity contribution in [2.24, 2.45) is 0 Å². The third-order valence-corrected chi connectivity index (χ3v) is 5.82. The number of ether oxygens (including phenoxy) is 1. The van der Waals surface area contributed by atoms with Crippen LogP contribution in [0.5, 0.6) is 5.75 Å². The van der Waals surface area contributed by atoms with Crippen molar-refractivity contribution in [1.29, 1.82) is 0 Å². The van der Waals surface area contributed by atoms with Gasteiger partial charge in [0.25, 0.3) is 0 Å². The van der Waals surface area contributed by atoms with E-state index >= 15 is 4.39 Å². The average Bonchev–Trinajstić information content (AvgIpc) is 2.83. The summed E-state index contributed by atoms with van der Waals surface area (Å²) in [6, 6.07) is 12.8. The van der Waals surface area contributed by atoms with Gasteiger partial charge in [0.2, 0.25) is 0 Å². The van der Waals surface area contributed by atoms with Crippen LogP contribution in [0.2, 0.25) is 0 Å². The van der Waals surface area contributed by atoms with Gasteiger partial charge in [-0.3, -0.25) is 0 Å². The van der Waals surface area contributed by atoms with Crippen molar-refractivity contribution in [2.45, 2.75) is 25.9 Å². The van der Waals surface area contributed by atoms with Crippen LogP contribution in [-0.2, 0) is 6.42 Å². The maximum atomic E-state index is 15.1. The minimum atomic E-state index is -4.62. The van der Waals surface area contributed by atoms with Gasteiger partial charge >= 0.3 is 6.18 Å². The van der Waals surface area contributed by atoms with Gasteiger partial charge in [0.05, 0.1) is 5.56 Å². The summed E-state index contributed by atoms with van der Waals surface area (Å²) < 4.78 is 101. The number of rotatable bonds is 7. The Hall–Kier alpha value is -3.81. The van der Waals surface area contributed by atoms with Crippen LogP contribution in [0.3, 0.4) is 0 Å². The highest BCUT2D eigenvalue weighted by Crippen LogP contribution is 2.35. The molecule has 0 aliphatic rings. The Balaban J connectivity index is 1.63. The molecule has 8 heteroatoms. The van der Waals surface area contributed by atoms with E-state index in [2.05, 4.69) is 4.74 Å². The van der Waals surface area contributed by atoms with Crippen LogP contribution >= 0.6 is 0 Å². The second kappa shape index (κ2) is 10.7. The van der Waals surface area contributed by atoms with E-state index in [-0.39, 0.29) is 22.1 Å². The zero-order valence-electron chi connectivity index (χ0n) is 19.6. The minimum absolute atomic E-state index is 0.000822. The van der Waals surface area contributed by atoms with Crippen LogP contribution in [0.4, 0.5) is 30.7 Å². The molecule has 0 aliphatic carbocycles. The lowest BCUT2D eigenvalue weighted by Gasteiger charge is -2.13. The molecule has 0 saturated heterocycles. The van der Waals surface area contributed by atoms with E-state index < -0.39 is 41.8 Å². The first-order valence-corrected chi connectivity index (χ1v) is 11.4. The van der Waals surface area contributed by atoms with Gasteiger partial charge in [-0.05, 0) is 72.2 Å². The lowest BCUT2D eigenvalue weighted by Crippen LogP contribution is -2.19. The molecule has 4 rings (SSSR count). The van der Waals surface area contributed by atoms with E-state index in [0.29, 0.717) is 29.4 Å². The summed E-state index contributed by atoms with van der Waals surface area (Å²) in [5, 5.41) is 0.308. The number of aryl methyl sites for hydroxylation is 1. The van der Waals surface area contributed by atoms with Gasteiger partial charge in [-0.2, -0.15) is 13.2 Å². The molecule has 0 unspecified atom stereocenters. The Morgan fingerprint density at radius 2 is 1.49 bits per heavy atom. The lowest BCUT2D eigenvalue weighted by molar-refractivity contribution is -0.153. The highest BCUT2D eigenvalue weighted by molar-refractivity contribution is 5.89. The van der Waals surface area contributed by atoms with Gasteiger partial charge in [0.1, 0.15) is 17.5 Å². The molecule has 0 N–H and O–H groups in total. The molecular formula is C29H21F7O. The van der Waals surface area contributed by atoms with Crippen molar-refractivity contribution in [3.63, 3.8) is 0 Å². The van der Waals surface area contributed by atoms with Crippen molar-refractivity contribution in [3.8, 4) is 28.0 Å². The largest absolute Gasteiger partial charge is 0.481 e. The van der Waals surface area contributed by atoms with Gasteiger partial charge in [0, 0.05) is 10.9 Å². The first-order chi connectivity index (χ1) is 17.6. The van der Waals surface area contributed by atoms with Crippen LogP contribution in [0.15, 0.2) is 72.8 Å². The first kappa shape index (κ1) is 26.3. The summed E-state index contributed by atoms with van der Waals surface area (Å²) in [5.74, 6) is -3.87. The smallest absolute Gasteiger partial charge is 0.422 e. The Bertz CT molecular complexity index is 1450. The maximum Gasteiger partial charge on any atom is 0.422 e. The standard InChI is InChI=1S/C29H21F7O/c1-2-3-4-5-17-12-24(31)27(25(32)13-17)20-7-9-21(23(30)15-20)18-6-10-22-19(14-18)8-11-26(28(22)33)37-16-29(34,35)36/h2-3,6-15H,4-5,16H2,1H3/b3-2+. The Kier molecular flexibility index (Phi) is 7.57. The average molecular weight is 518 g/mol. The number of fused-ring (bicyclic) bond motifs is 1. The molecule has 4 aromatic rings. The molecule has 0 saturated carbocycles. The summed E-state index contributed by atoms with van der Waals surface area (Å²) in [5.41, 5.74) is 0.624. The molecule has 0 heterocycles. The molecular weight excluding hydrogens is 497 g/mol. The lowest BCUT2D eigenvalue weighted by atomic mass is 9.96. The molecule has 0 fully saturated rings. The monoisotopic (exact) mass is 518 g/mol. The van der Waals surface area contributed by atoms with E-state index in [0.717, 1.165) is 12.1 Å². The van der Waals surface area contributed by atoms with Crippen molar-refractivity contribution in [3.05, 3.63) is 102 Å². The van der Waals surface area contributed by atoms with E-state index in [1.54, 1.807) is 0 Å². The fraction of sp³-hybridized carbons (Fsp3) is 0.172. The fourth-order valence-corrected chi connectivity index (χ4v) is 4.08. The topological polar surface area (TPSA) is 9.23 Å². The van der Waals surface area contributed by atoms with Crippen molar-refractivity contribution < 1.29 is 35.5 Å². The highest BCUT2D eigenvalue weighted by Gasteiger charge is 2.29. The number of benzene rings is 4. The van der Waals surface area contributed by atoms with Gasteiger partial charge in [-0.1, -0.05) is 42.5 Å². The van der Waals surface area contributed by atoms with Crippen LogP contribution in [0.1, 0.15) is 18.9 Å². The van der Waals surface area contributed by atoms with Crippen molar-refractivity contribution in [2.75, 3.05) is 6.61 Å². The van der Waals surface area contributed by atoms with Crippen molar-refractivity contribution >= 4 is 10.8 Å². The molecule has 37 heavy (non-hydrogen) atoms. The molecule has 0 radical (unpaired) electrons. The number of allylic oxidation sites excluding steroid dienone is 2. The summed E-state index contributed by atoms with van der Waals surface area (Å²) in [4.78, 5) is 0. The second-order valence-electron chi connectivity index (χ2n) is 8.45. The number of hydrogen-bond donors (Lipinski definition) is 0. The number of alkyl halides is 3. The predicted octanol–water partition coefficient (Wildman–Crippen LogP) is 9.18. The van der Waals surface area contributed by atoms with Crippen LogP contribution in [0, 0.1) is 23.3 Å². The summed E-state index contributed by atoms with van der Waals surface area (Å²) in [6.45, 7) is 0.220. The number of hydrogen-bond acceptors (Lipinski definition) is 1.